The zero-order chi connectivity index (χ0) is 43.6. The number of piperazine rings is 1. The lowest BCUT2D eigenvalue weighted by Crippen LogP contribution is -2.52. The van der Waals surface area contributed by atoms with Gasteiger partial charge in [0, 0.05) is 67.2 Å². The molecule has 3 amide bonds. The van der Waals surface area contributed by atoms with Crippen molar-refractivity contribution in [2.45, 2.75) is 66.5 Å². The molecule has 59 heavy (non-hydrogen) atoms. The maximum atomic E-state index is 15.4. The van der Waals surface area contributed by atoms with Crippen molar-refractivity contribution in [3.63, 3.8) is 0 Å². The fourth-order valence-electron chi connectivity index (χ4n) is 6.77. The monoisotopic (exact) mass is 840 g/mol. The van der Waals surface area contributed by atoms with E-state index < -0.39 is 17.5 Å². The van der Waals surface area contributed by atoms with Gasteiger partial charge >= 0.3 is 0 Å². The number of aliphatic hydroxyl groups is 1. The minimum Gasteiger partial charge on any atom is -0.462 e. The first-order valence-corrected chi connectivity index (χ1v) is 20.0. The van der Waals surface area contributed by atoms with Crippen molar-refractivity contribution in [3.05, 3.63) is 76.5 Å². The van der Waals surface area contributed by atoms with Gasteiger partial charge in [-0.15, -0.1) is 0 Å². The summed E-state index contributed by atoms with van der Waals surface area (Å²) in [6, 6.07) is 7.41. The van der Waals surface area contributed by atoms with E-state index in [1.54, 1.807) is 17.9 Å². The number of nitrogens with one attached hydrogen (secondary N) is 1. The van der Waals surface area contributed by atoms with Crippen LogP contribution in [0.15, 0.2) is 42.7 Å². The summed E-state index contributed by atoms with van der Waals surface area (Å²) in [5, 5.41) is 16.2. The summed E-state index contributed by atoms with van der Waals surface area (Å²) in [6.45, 7) is 15.2. The molecular formula is C42H55ClF2N8O6. The number of ether oxygens (including phenoxy) is 1. The topological polar surface area (TPSA) is 155 Å². The number of likely N-dealkylation sites (tertiary alicyclic amines) is 1. The molecule has 6 rings (SSSR count). The molecular weight excluding hydrogens is 786 g/mol. The van der Waals surface area contributed by atoms with Gasteiger partial charge in [-0.2, -0.15) is 5.10 Å². The molecule has 0 unspecified atom stereocenters. The Morgan fingerprint density at radius 2 is 1.54 bits per heavy atom. The normalized spacial score (nSPS) is 14.8. The van der Waals surface area contributed by atoms with Crippen LogP contribution in [-0.4, -0.2) is 122 Å². The molecule has 17 heteroatoms. The van der Waals surface area contributed by atoms with Crippen molar-refractivity contribution in [2.24, 2.45) is 13.0 Å². The van der Waals surface area contributed by atoms with E-state index in [1.807, 2.05) is 39.5 Å². The summed E-state index contributed by atoms with van der Waals surface area (Å²) in [5.41, 5.74) is 1.36. The van der Waals surface area contributed by atoms with Gasteiger partial charge in [0.1, 0.15) is 5.60 Å². The molecule has 4 aromatic rings. The van der Waals surface area contributed by atoms with Crippen LogP contribution in [-0.2, 0) is 27.9 Å². The highest BCUT2D eigenvalue weighted by molar-refractivity contribution is 6.34. The van der Waals surface area contributed by atoms with E-state index in [2.05, 4.69) is 32.1 Å². The summed E-state index contributed by atoms with van der Waals surface area (Å²) in [7, 11) is 3.57. The van der Waals surface area contributed by atoms with Crippen LogP contribution in [0.25, 0.3) is 22.4 Å². The van der Waals surface area contributed by atoms with Crippen LogP contribution in [0.4, 0.5) is 14.5 Å². The van der Waals surface area contributed by atoms with Crippen LogP contribution in [0.2, 0.25) is 5.02 Å². The average Bonchev–Trinajstić information content (AvgIpc) is 3.77. The third-order valence-electron chi connectivity index (χ3n) is 10.1. The first-order chi connectivity index (χ1) is 28.0. The van der Waals surface area contributed by atoms with Gasteiger partial charge in [0.15, 0.2) is 17.5 Å². The highest BCUT2D eigenvalue weighted by atomic mass is 35.5. The molecule has 14 nitrogen and oxygen atoms in total. The molecule has 2 saturated heterocycles. The van der Waals surface area contributed by atoms with Crippen molar-refractivity contribution < 1.29 is 37.8 Å². The summed E-state index contributed by atoms with van der Waals surface area (Å²) >= 11 is 6.52. The van der Waals surface area contributed by atoms with Gasteiger partial charge in [-0.05, 0) is 84.9 Å². The molecule has 0 bridgehead atoms. The van der Waals surface area contributed by atoms with Gasteiger partial charge in [0.25, 0.3) is 18.3 Å². The highest BCUT2D eigenvalue weighted by Crippen LogP contribution is 2.33. The molecule has 0 spiro atoms. The fraction of sp³-hybridized carbons (Fsp3) is 0.476. The number of aromatic nitrogens is 4. The number of aliphatic hydroxyl groups excluding tert-OH is 1. The molecule has 2 aliphatic rings. The lowest BCUT2D eigenvalue weighted by Gasteiger charge is -2.38. The fourth-order valence-corrected chi connectivity index (χ4v) is 7.03. The predicted octanol–water partition coefficient (Wildman–Crippen LogP) is 6.05. The van der Waals surface area contributed by atoms with Gasteiger partial charge < -0.3 is 34.4 Å². The molecule has 0 aliphatic carbocycles. The van der Waals surface area contributed by atoms with Crippen LogP contribution < -0.4 is 5.32 Å². The first kappa shape index (κ1) is 46.5. The van der Waals surface area contributed by atoms with Crippen molar-refractivity contribution in [1.82, 2.24) is 34.0 Å². The number of hydrogen-bond acceptors (Lipinski definition) is 9. The van der Waals surface area contributed by atoms with Crippen LogP contribution >= 0.6 is 11.6 Å². The average molecular weight is 841 g/mol. The third kappa shape index (κ3) is 11.3. The second-order valence-electron chi connectivity index (χ2n) is 15.1. The summed E-state index contributed by atoms with van der Waals surface area (Å²) in [5.74, 6) is -2.94. The van der Waals surface area contributed by atoms with Crippen LogP contribution in [0.3, 0.4) is 0 Å². The Labute approximate surface area is 349 Å². The Kier molecular flexibility index (Phi) is 16.3. The van der Waals surface area contributed by atoms with Gasteiger partial charge in [-0.25, -0.2) is 13.8 Å². The van der Waals surface area contributed by atoms with Gasteiger partial charge in [0.05, 0.1) is 41.8 Å². The maximum Gasteiger partial charge on any atom is 0.293 e. The van der Waals surface area contributed by atoms with Crippen molar-refractivity contribution in [1.29, 1.82) is 0 Å². The van der Waals surface area contributed by atoms with Crippen molar-refractivity contribution in [2.75, 3.05) is 58.2 Å². The number of imidazole rings is 1. The smallest absolute Gasteiger partial charge is 0.293 e. The lowest BCUT2D eigenvalue weighted by atomic mass is 9.95. The largest absolute Gasteiger partial charge is 0.462 e. The molecule has 2 fully saturated rings. The van der Waals surface area contributed by atoms with E-state index in [4.69, 9.17) is 11.6 Å². The quantitative estimate of drug-likeness (QED) is 0.192. The highest BCUT2D eigenvalue weighted by Gasteiger charge is 2.31. The van der Waals surface area contributed by atoms with Crippen LogP contribution in [0, 0.1) is 24.5 Å². The lowest BCUT2D eigenvalue weighted by molar-refractivity contribution is -0.139. The van der Waals surface area contributed by atoms with Gasteiger partial charge in [0.2, 0.25) is 5.91 Å². The SMILES string of the molecule is CC.CC(C)(C)OC=O.Cc1c(-c2ccc(-c3cnc(C(=O)Nc4ccc(C(=O)N5CCN(C(=O)C6CCN(C)CC6)CC5)c(Cl)c4)n3C)c(F)c2F)cnn1CCO. The molecule has 2 aromatic heterocycles. The number of amides is 3. The molecule has 2 aromatic carbocycles. The maximum absolute atomic E-state index is 15.4. The van der Waals surface area contributed by atoms with E-state index in [1.165, 1.54) is 53.0 Å². The second kappa shape index (κ2) is 20.7. The third-order valence-corrected chi connectivity index (χ3v) is 10.4. The summed E-state index contributed by atoms with van der Waals surface area (Å²) in [6.07, 6.45) is 4.41. The minimum atomic E-state index is -1.11. The summed E-state index contributed by atoms with van der Waals surface area (Å²) in [4.78, 5) is 59.1. The standard InChI is InChI=1S/C35H39ClF2N8O4.C5H10O2.C2H6/c1-21-27(19-40-46(21)16-17-47)24-6-7-26(31(38)30(24)37)29-20-39-32(43(29)3)33(48)41-23-4-5-25(28(36)18-23)35(50)45-14-12-44(13-15-45)34(49)22-8-10-42(2)11-9-22;1-5(2,3)7-4-6;1-2/h4-7,18-20,22,47H,8-17H2,1-3H3,(H,41,48);4H,1-3H3;1-2H3. The Balaban J connectivity index is 0.000000774. The molecule has 2 aliphatic heterocycles. The Hall–Kier alpha value is -5.19. The molecule has 0 radical (unpaired) electrons. The van der Waals surface area contributed by atoms with E-state index in [0.717, 1.165) is 25.9 Å². The molecule has 0 atom stereocenters. The Morgan fingerprint density at radius 1 is 0.932 bits per heavy atom. The number of carbonyl (C=O) groups is 4. The van der Waals surface area contributed by atoms with Gasteiger partial charge in [-0.1, -0.05) is 31.5 Å². The van der Waals surface area contributed by atoms with Crippen LogP contribution in [0.5, 0.6) is 0 Å². The van der Waals surface area contributed by atoms with E-state index in [-0.39, 0.29) is 69.7 Å². The number of benzene rings is 2. The Morgan fingerprint density at radius 3 is 2.12 bits per heavy atom. The van der Waals surface area contributed by atoms with E-state index in [9.17, 15) is 24.3 Å². The number of carbonyl (C=O) groups excluding carboxylic acids is 4. The Bertz CT molecular complexity index is 2100. The van der Waals surface area contributed by atoms with Gasteiger partial charge in [-0.3, -0.25) is 23.9 Å². The second-order valence-corrected chi connectivity index (χ2v) is 15.5. The number of piperidine rings is 1. The summed E-state index contributed by atoms with van der Waals surface area (Å²) < 4.78 is 38.2. The zero-order valence-corrected chi connectivity index (χ0v) is 35.8. The van der Waals surface area contributed by atoms with Crippen LogP contribution in [0.1, 0.15) is 74.1 Å². The zero-order valence-electron chi connectivity index (χ0n) is 35.0. The number of nitrogens with zero attached hydrogens (tertiary/aromatic N) is 7. The van der Waals surface area contributed by atoms with E-state index >= 15 is 8.78 Å². The number of anilines is 1. The molecule has 2 N–H and O–H groups in total. The predicted molar refractivity (Wildman–Crippen MR) is 222 cm³/mol. The van der Waals surface area contributed by atoms with Crippen molar-refractivity contribution in [3.8, 4) is 22.4 Å². The minimum absolute atomic E-state index is 0.0206. The molecule has 320 valence electrons. The number of hydrogen-bond donors (Lipinski definition) is 2. The number of rotatable bonds is 9. The van der Waals surface area contributed by atoms with E-state index in [0.29, 0.717) is 49.6 Å². The molecule has 0 saturated carbocycles. The first-order valence-electron chi connectivity index (χ1n) is 19.7. The molecule has 4 heterocycles. The van der Waals surface area contributed by atoms with Crippen molar-refractivity contribution >= 4 is 41.5 Å². The number of halogens is 3.